The van der Waals surface area contributed by atoms with E-state index in [0.29, 0.717) is 24.2 Å². The number of carbonyl (C=O) groups excluding carboxylic acids is 1. The average molecular weight is 476 g/mol. The monoisotopic (exact) mass is 476 g/mol. The van der Waals surface area contributed by atoms with E-state index in [4.69, 9.17) is 4.52 Å². The predicted molar refractivity (Wildman–Crippen MR) is 109 cm³/mol. The fourth-order valence-corrected chi connectivity index (χ4v) is 3.57. The normalized spacial score (nSPS) is 20.9. The summed E-state index contributed by atoms with van der Waals surface area (Å²) in [7, 11) is 0. The van der Waals surface area contributed by atoms with Crippen molar-refractivity contribution in [1.29, 1.82) is 0 Å². The van der Waals surface area contributed by atoms with E-state index in [9.17, 15) is 4.79 Å². The fourth-order valence-electron chi connectivity index (χ4n) is 3.57. The van der Waals surface area contributed by atoms with Crippen molar-refractivity contribution < 1.29 is 9.32 Å². The first-order valence-electron chi connectivity index (χ1n) is 9.28. The number of amides is 1. The molecule has 0 aromatic carbocycles. The van der Waals surface area contributed by atoms with Crippen molar-refractivity contribution in [1.82, 2.24) is 25.7 Å². The van der Waals surface area contributed by atoms with Crippen LogP contribution in [0.3, 0.4) is 0 Å². The number of nitrogens with zero attached hydrogens (tertiary/aromatic N) is 4. The minimum absolute atomic E-state index is 0. The van der Waals surface area contributed by atoms with Crippen molar-refractivity contribution in [2.45, 2.75) is 58.5 Å². The molecule has 1 aromatic rings. The molecule has 1 aliphatic heterocycles. The lowest BCUT2D eigenvalue weighted by Crippen LogP contribution is -2.45. The molecule has 146 valence electrons. The van der Waals surface area contributed by atoms with E-state index in [0.717, 1.165) is 44.9 Å². The van der Waals surface area contributed by atoms with Gasteiger partial charge in [-0.3, -0.25) is 4.79 Å². The van der Waals surface area contributed by atoms with Crippen LogP contribution in [0.15, 0.2) is 9.52 Å². The molecular weight excluding hydrogens is 447 g/mol. The Labute approximate surface area is 171 Å². The second kappa shape index (κ2) is 10.1. The summed E-state index contributed by atoms with van der Waals surface area (Å²) in [6, 6.07) is 0.229. The van der Waals surface area contributed by atoms with E-state index in [2.05, 4.69) is 25.8 Å². The number of rotatable bonds is 5. The van der Waals surface area contributed by atoms with E-state index in [1.165, 1.54) is 12.8 Å². The first-order valence-corrected chi connectivity index (χ1v) is 9.28. The molecule has 26 heavy (non-hydrogen) atoms. The standard InChI is InChI=1S/C17H28N6O2.HI/c1-3-18-17(19-10-15-20-12(2)22-25-15)21-14-8-9-23(11-14)16(24)13-6-4-5-7-13;/h13-14H,3-11H2,1-2H3,(H2,18,19,21);1H. The molecule has 2 N–H and O–H groups in total. The predicted octanol–water partition coefficient (Wildman–Crippen LogP) is 1.84. The maximum atomic E-state index is 12.5. The van der Waals surface area contributed by atoms with Crippen LogP contribution in [0.4, 0.5) is 0 Å². The molecule has 2 fully saturated rings. The van der Waals surface area contributed by atoms with Gasteiger partial charge in [0.05, 0.1) is 0 Å². The topological polar surface area (TPSA) is 95.7 Å². The highest BCUT2D eigenvalue weighted by Crippen LogP contribution is 2.27. The van der Waals surface area contributed by atoms with Crippen LogP contribution in [-0.2, 0) is 11.3 Å². The summed E-state index contributed by atoms with van der Waals surface area (Å²) < 4.78 is 5.09. The van der Waals surface area contributed by atoms with Gasteiger partial charge < -0.3 is 20.1 Å². The highest BCUT2D eigenvalue weighted by molar-refractivity contribution is 14.0. The van der Waals surface area contributed by atoms with E-state index in [1.54, 1.807) is 6.92 Å². The van der Waals surface area contributed by atoms with Crippen molar-refractivity contribution in [2.24, 2.45) is 10.9 Å². The summed E-state index contributed by atoms with van der Waals surface area (Å²) in [5, 5.41) is 10.4. The maximum absolute atomic E-state index is 12.5. The lowest BCUT2D eigenvalue weighted by Gasteiger charge is -2.21. The molecule has 0 spiro atoms. The van der Waals surface area contributed by atoms with Gasteiger partial charge in [0, 0.05) is 31.6 Å². The number of nitrogens with one attached hydrogen (secondary N) is 2. The number of likely N-dealkylation sites (tertiary alicyclic amines) is 1. The lowest BCUT2D eigenvalue weighted by molar-refractivity contribution is -0.134. The number of aromatic nitrogens is 2. The number of hydrogen-bond donors (Lipinski definition) is 2. The molecule has 2 aliphatic rings. The Kier molecular flexibility index (Phi) is 8.11. The largest absolute Gasteiger partial charge is 0.357 e. The van der Waals surface area contributed by atoms with E-state index < -0.39 is 0 Å². The first kappa shape index (κ1) is 20.9. The van der Waals surface area contributed by atoms with Gasteiger partial charge in [-0.05, 0) is 33.1 Å². The molecule has 0 bridgehead atoms. The summed E-state index contributed by atoms with van der Waals surface area (Å²) in [5.41, 5.74) is 0. The van der Waals surface area contributed by atoms with Crippen LogP contribution in [0.25, 0.3) is 0 Å². The molecule has 8 nitrogen and oxygen atoms in total. The van der Waals surface area contributed by atoms with Crippen molar-refractivity contribution >= 4 is 35.8 Å². The molecule has 9 heteroatoms. The average Bonchev–Trinajstić information content (AvgIpc) is 3.34. The van der Waals surface area contributed by atoms with Gasteiger partial charge in [0.2, 0.25) is 11.8 Å². The van der Waals surface area contributed by atoms with Crippen molar-refractivity contribution in [3.8, 4) is 0 Å². The third kappa shape index (κ3) is 5.55. The molecule has 3 rings (SSSR count). The van der Waals surface area contributed by atoms with Gasteiger partial charge in [-0.15, -0.1) is 24.0 Å². The number of halogens is 1. The summed E-state index contributed by atoms with van der Waals surface area (Å²) >= 11 is 0. The Hall–Kier alpha value is -1.39. The zero-order valence-electron chi connectivity index (χ0n) is 15.5. The second-order valence-electron chi connectivity index (χ2n) is 6.83. The SMILES string of the molecule is CCNC(=NCc1nc(C)no1)NC1CCN(C(=O)C2CCCC2)C1.I. The maximum Gasteiger partial charge on any atom is 0.248 e. The molecular formula is C17H29IN6O2. The van der Waals surface area contributed by atoms with Crippen LogP contribution >= 0.6 is 24.0 Å². The molecule has 2 heterocycles. The summed E-state index contributed by atoms with van der Waals surface area (Å²) in [5.74, 6) is 2.42. The molecule has 1 unspecified atom stereocenters. The van der Waals surface area contributed by atoms with E-state index in [-0.39, 0.29) is 35.9 Å². The van der Waals surface area contributed by atoms with Gasteiger partial charge in [0.15, 0.2) is 11.8 Å². The second-order valence-corrected chi connectivity index (χ2v) is 6.83. The van der Waals surface area contributed by atoms with Crippen LogP contribution in [0, 0.1) is 12.8 Å². The number of carbonyl (C=O) groups is 1. The number of aryl methyl sites for hydroxylation is 1. The minimum atomic E-state index is 0. The smallest absolute Gasteiger partial charge is 0.248 e. The van der Waals surface area contributed by atoms with Crippen LogP contribution < -0.4 is 10.6 Å². The summed E-state index contributed by atoms with van der Waals surface area (Å²) in [6.07, 6.45) is 5.45. The van der Waals surface area contributed by atoms with Crippen LogP contribution in [0.5, 0.6) is 0 Å². The Morgan fingerprint density at radius 2 is 2.12 bits per heavy atom. The number of aliphatic imine (C=N–C) groups is 1. The highest BCUT2D eigenvalue weighted by Gasteiger charge is 2.32. The zero-order valence-corrected chi connectivity index (χ0v) is 17.9. The fraction of sp³-hybridized carbons (Fsp3) is 0.765. The highest BCUT2D eigenvalue weighted by atomic mass is 127. The van der Waals surface area contributed by atoms with Gasteiger partial charge in [-0.1, -0.05) is 18.0 Å². The van der Waals surface area contributed by atoms with E-state index in [1.807, 2.05) is 11.8 Å². The van der Waals surface area contributed by atoms with Gasteiger partial charge in [-0.2, -0.15) is 4.98 Å². The van der Waals surface area contributed by atoms with Crippen LogP contribution in [0.2, 0.25) is 0 Å². The molecule has 1 saturated carbocycles. The quantitative estimate of drug-likeness (QED) is 0.383. The Morgan fingerprint density at radius 1 is 1.35 bits per heavy atom. The molecule has 1 aromatic heterocycles. The molecule has 1 aliphatic carbocycles. The van der Waals surface area contributed by atoms with Crippen molar-refractivity contribution in [2.75, 3.05) is 19.6 Å². The number of guanidine groups is 1. The lowest BCUT2D eigenvalue weighted by atomic mass is 10.1. The molecule has 1 amide bonds. The van der Waals surface area contributed by atoms with Crippen molar-refractivity contribution in [3.63, 3.8) is 0 Å². The zero-order chi connectivity index (χ0) is 17.6. The van der Waals surface area contributed by atoms with E-state index >= 15 is 0 Å². The van der Waals surface area contributed by atoms with Crippen LogP contribution in [-0.4, -0.2) is 52.6 Å². The van der Waals surface area contributed by atoms with Crippen LogP contribution in [0.1, 0.15) is 50.7 Å². The number of hydrogen-bond acceptors (Lipinski definition) is 5. The molecule has 1 atom stereocenters. The van der Waals surface area contributed by atoms with Gasteiger partial charge >= 0.3 is 0 Å². The Morgan fingerprint density at radius 3 is 2.77 bits per heavy atom. The Bertz CT molecular complexity index is 614. The van der Waals surface area contributed by atoms with Gasteiger partial charge in [-0.25, -0.2) is 4.99 Å². The van der Waals surface area contributed by atoms with Gasteiger partial charge in [0.25, 0.3) is 0 Å². The third-order valence-electron chi connectivity index (χ3n) is 4.83. The summed E-state index contributed by atoms with van der Waals surface area (Å²) in [4.78, 5) is 23.2. The van der Waals surface area contributed by atoms with Crippen molar-refractivity contribution in [3.05, 3.63) is 11.7 Å². The third-order valence-corrected chi connectivity index (χ3v) is 4.83. The Balaban J connectivity index is 0.00000243. The molecule has 1 saturated heterocycles. The first-order chi connectivity index (χ1) is 12.2. The van der Waals surface area contributed by atoms with Gasteiger partial charge in [0.1, 0.15) is 6.54 Å². The summed E-state index contributed by atoms with van der Waals surface area (Å²) in [6.45, 7) is 6.50. The minimum Gasteiger partial charge on any atom is -0.357 e. The molecule has 0 radical (unpaired) electrons.